The number of methoxy groups -OCH3 is 1. The minimum Gasteiger partial charge on any atom is -0.363 e. The highest BCUT2D eigenvalue weighted by Crippen LogP contribution is 2.04. The van der Waals surface area contributed by atoms with E-state index in [2.05, 4.69) is 10.5 Å². The predicted molar refractivity (Wildman–Crippen MR) is 57.8 cm³/mol. The number of aromatic nitrogens is 1. The van der Waals surface area contributed by atoms with E-state index in [1.165, 1.54) is 7.11 Å². The zero-order chi connectivity index (χ0) is 12.2. The second-order valence-electron chi connectivity index (χ2n) is 3.73. The standard InChI is InChI=1S/C10H17N3O3/c1-4-7-5-8(13-16-7)9(14)12-6-10(2,11)15-3/h5H,4,6,11H2,1-3H3,(H,12,14). The predicted octanol–water partition coefficient (Wildman–Crippen LogP) is 0.288. The fourth-order valence-corrected chi connectivity index (χ4v) is 1.01. The van der Waals surface area contributed by atoms with Crippen molar-refractivity contribution in [2.45, 2.75) is 26.0 Å². The van der Waals surface area contributed by atoms with Gasteiger partial charge in [-0.3, -0.25) is 4.79 Å². The third-order valence-corrected chi connectivity index (χ3v) is 2.21. The highest BCUT2D eigenvalue weighted by atomic mass is 16.5. The molecule has 0 aliphatic carbocycles. The smallest absolute Gasteiger partial charge is 0.273 e. The molecule has 1 aromatic heterocycles. The van der Waals surface area contributed by atoms with Crippen LogP contribution in [0.1, 0.15) is 30.1 Å². The van der Waals surface area contributed by atoms with Crippen LogP contribution in [0.5, 0.6) is 0 Å². The summed E-state index contributed by atoms with van der Waals surface area (Å²) in [6.07, 6.45) is 0.701. The number of hydrogen-bond donors (Lipinski definition) is 2. The van der Waals surface area contributed by atoms with Gasteiger partial charge in [-0.25, -0.2) is 0 Å². The molecule has 16 heavy (non-hydrogen) atoms. The Morgan fingerprint density at radius 2 is 2.44 bits per heavy atom. The van der Waals surface area contributed by atoms with Crippen molar-refractivity contribution in [3.05, 3.63) is 17.5 Å². The minimum absolute atomic E-state index is 0.205. The first-order chi connectivity index (χ1) is 7.48. The SMILES string of the molecule is CCc1cc(C(=O)NCC(C)(N)OC)no1. The lowest BCUT2D eigenvalue weighted by atomic mass is 10.2. The van der Waals surface area contributed by atoms with Gasteiger partial charge in [0.15, 0.2) is 5.69 Å². The lowest BCUT2D eigenvalue weighted by Gasteiger charge is -2.22. The number of aryl methyl sites for hydroxylation is 1. The Morgan fingerprint density at radius 3 is 2.94 bits per heavy atom. The molecule has 0 fully saturated rings. The zero-order valence-corrected chi connectivity index (χ0v) is 9.74. The summed E-state index contributed by atoms with van der Waals surface area (Å²) in [5.74, 6) is 0.351. The number of nitrogens with two attached hydrogens (primary N) is 1. The van der Waals surface area contributed by atoms with E-state index in [0.717, 1.165) is 0 Å². The van der Waals surface area contributed by atoms with E-state index in [-0.39, 0.29) is 18.1 Å². The molecule has 3 N–H and O–H groups in total. The first-order valence-corrected chi connectivity index (χ1v) is 5.06. The summed E-state index contributed by atoms with van der Waals surface area (Å²) < 4.78 is 9.89. The molecule has 0 aliphatic rings. The number of nitrogens with zero attached hydrogens (tertiary/aromatic N) is 1. The normalized spacial score (nSPS) is 14.5. The first-order valence-electron chi connectivity index (χ1n) is 5.06. The Balaban J connectivity index is 2.53. The van der Waals surface area contributed by atoms with Gasteiger partial charge in [0, 0.05) is 19.6 Å². The third kappa shape index (κ3) is 3.32. The summed E-state index contributed by atoms with van der Waals surface area (Å²) in [7, 11) is 1.48. The largest absolute Gasteiger partial charge is 0.363 e. The summed E-state index contributed by atoms with van der Waals surface area (Å²) in [5.41, 5.74) is 5.06. The van der Waals surface area contributed by atoms with Crippen LogP contribution in [0.25, 0.3) is 0 Å². The topological polar surface area (TPSA) is 90.4 Å². The van der Waals surface area contributed by atoms with Gasteiger partial charge >= 0.3 is 0 Å². The van der Waals surface area contributed by atoms with Crippen LogP contribution in [0.4, 0.5) is 0 Å². The highest BCUT2D eigenvalue weighted by Gasteiger charge is 2.19. The minimum atomic E-state index is -0.882. The van der Waals surface area contributed by atoms with E-state index >= 15 is 0 Å². The average molecular weight is 227 g/mol. The summed E-state index contributed by atoms with van der Waals surface area (Å²) >= 11 is 0. The quantitative estimate of drug-likeness (QED) is 0.705. The second-order valence-corrected chi connectivity index (χ2v) is 3.73. The molecular weight excluding hydrogens is 210 g/mol. The molecule has 1 unspecified atom stereocenters. The Kier molecular flexibility index (Phi) is 4.03. The van der Waals surface area contributed by atoms with E-state index in [4.69, 9.17) is 15.0 Å². The average Bonchev–Trinajstić information content (AvgIpc) is 2.74. The molecule has 0 saturated heterocycles. The van der Waals surface area contributed by atoms with Crippen LogP contribution in [0.15, 0.2) is 10.6 Å². The zero-order valence-electron chi connectivity index (χ0n) is 9.74. The lowest BCUT2D eigenvalue weighted by molar-refractivity contribution is 0.0124. The number of amides is 1. The van der Waals surface area contributed by atoms with Crippen LogP contribution in [-0.2, 0) is 11.2 Å². The molecule has 0 spiro atoms. The van der Waals surface area contributed by atoms with Crippen molar-refractivity contribution in [1.29, 1.82) is 0 Å². The van der Waals surface area contributed by atoms with E-state index in [1.807, 2.05) is 6.92 Å². The highest BCUT2D eigenvalue weighted by molar-refractivity contribution is 5.92. The Morgan fingerprint density at radius 1 is 1.75 bits per heavy atom. The van der Waals surface area contributed by atoms with Crippen molar-refractivity contribution in [3.8, 4) is 0 Å². The third-order valence-electron chi connectivity index (χ3n) is 2.21. The van der Waals surface area contributed by atoms with Gasteiger partial charge in [0.05, 0.1) is 6.54 Å². The second kappa shape index (κ2) is 5.09. The van der Waals surface area contributed by atoms with Gasteiger partial charge < -0.3 is 20.3 Å². The molecule has 0 saturated carbocycles. The van der Waals surface area contributed by atoms with Gasteiger partial charge in [0.2, 0.25) is 0 Å². The van der Waals surface area contributed by atoms with E-state index < -0.39 is 5.72 Å². The molecule has 90 valence electrons. The van der Waals surface area contributed by atoms with Crippen molar-refractivity contribution in [3.63, 3.8) is 0 Å². The molecule has 1 heterocycles. The fourth-order valence-electron chi connectivity index (χ4n) is 1.01. The van der Waals surface area contributed by atoms with Crippen molar-refractivity contribution >= 4 is 5.91 Å². The molecule has 1 amide bonds. The number of carbonyl (C=O) groups is 1. The van der Waals surface area contributed by atoms with Gasteiger partial charge in [-0.1, -0.05) is 12.1 Å². The molecule has 0 aliphatic heterocycles. The number of hydrogen-bond acceptors (Lipinski definition) is 5. The molecular formula is C10H17N3O3. The van der Waals surface area contributed by atoms with Crippen molar-refractivity contribution in [1.82, 2.24) is 10.5 Å². The lowest BCUT2D eigenvalue weighted by Crippen LogP contribution is -2.49. The van der Waals surface area contributed by atoms with Crippen LogP contribution in [0, 0.1) is 0 Å². The van der Waals surface area contributed by atoms with Gasteiger partial charge in [0.1, 0.15) is 11.5 Å². The van der Waals surface area contributed by atoms with E-state index in [9.17, 15) is 4.79 Å². The number of nitrogens with one attached hydrogen (secondary N) is 1. The van der Waals surface area contributed by atoms with Gasteiger partial charge in [0.25, 0.3) is 5.91 Å². The maximum atomic E-state index is 11.6. The monoisotopic (exact) mass is 227 g/mol. The Labute approximate surface area is 94.1 Å². The van der Waals surface area contributed by atoms with Gasteiger partial charge in [-0.2, -0.15) is 0 Å². The fraction of sp³-hybridized carbons (Fsp3) is 0.600. The van der Waals surface area contributed by atoms with Gasteiger partial charge in [-0.05, 0) is 6.92 Å². The van der Waals surface area contributed by atoms with Crippen molar-refractivity contribution < 1.29 is 14.1 Å². The number of ether oxygens (including phenoxy) is 1. The van der Waals surface area contributed by atoms with E-state index in [1.54, 1.807) is 13.0 Å². The molecule has 1 rings (SSSR count). The van der Waals surface area contributed by atoms with E-state index in [0.29, 0.717) is 12.2 Å². The van der Waals surface area contributed by atoms with Crippen molar-refractivity contribution in [2.24, 2.45) is 5.73 Å². The molecule has 6 nitrogen and oxygen atoms in total. The summed E-state index contributed by atoms with van der Waals surface area (Å²) in [6.45, 7) is 3.80. The molecule has 1 atom stereocenters. The molecule has 1 aromatic rings. The maximum Gasteiger partial charge on any atom is 0.273 e. The maximum absolute atomic E-state index is 11.6. The van der Waals surface area contributed by atoms with Crippen molar-refractivity contribution in [2.75, 3.05) is 13.7 Å². The Hall–Kier alpha value is -1.40. The first kappa shape index (κ1) is 12.7. The van der Waals surface area contributed by atoms with Crippen LogP contribution < -0.4 is 11.1 Å². The van der Waals surface area contributed by atoms with Crippen LogP contribution >= 0.6 is 0 Å². The van der Waals surface area contributed by atoms with Crippen LogP contribution in [-0.4, -0.2) is 30.4 Å². The van der Waals surface area contributed by atoms with Gasteiger partial charge in [-0.15, -0.1) is 0 Å². The summed E-state index contributed by atoms with van der Waals surface area (Å²) in [4.78, 5) is 11.6. The molecule has 0 bridgehead atoms. The number of rotatable bonds is 5. The number of carbonyl (C=O) groups excluding carboxylic acids is 1. The molecule has 0 aromatic carbocycles. The molecule has 0 radical (unpaired) electrons. The van der Waals surface area contributed by atoms with Crippen LogP contribution in [0.2, 0.25) is 0 Å². The summed E-state index contributed by atoms with van der Waals surface area (Å²) in [5, 5.41) is 6.26. The summed E-state index contributed by atoms with van der Waals surface area (Å²) in [6, 6.07) is 1.61. The molecule has 6 heteroatoms. The Bertz CT molecular complexity index is 360. The van der Waals surface area contributed by atoms with Crippen LogP contribution in [0.3, 0.4) is 0 Å².